The van der Waals surface area contributed by atoms with E-state index in [0.717, 1.165) is 21.4 Å². The third-order valence-electron chi connectivity index (χ3n) is 2.27. The van der Waals surface area contributed by atoms with Crippen LogP contribution in [-0.2, 0) is 0 Å². The number of aryl methyl sites for hydroxylation is 2. The zero-order valence-corrected chi connectivity index (χ0v) is 8.89. The topological polar surface area (TPSA) is 30.2 Å². The first-order chi connectivity index (χ1) is 6.58. The minimum absolute atomic E-state index is 0.304. The number of thiol groups is 1. The first-order valence-corrected chi connectivity index (χ1v) is 4.77. The summed E-state index contributed by atoms with van der Waals surface area (Å²) in [6.45, 7) is 3.83. The summed E-state index contributed by atoms with van der Waals surface area (Å²) in [6.07, 6.45) is 0. The molecule has 0 amide bonds. The highest BCUT2D eigenvalue weighted by atomic mass is 32.1. The average molecular weight is 206 g/mol. The second kappa shape index (κ2) is 3.17. The number of hydrogen-bond donors (Lipinski definition) is 1. The van der Waals surface area contributed by atoms with Gasteiger partial charge in [-0.05, 0) is 37.1 Å². The summed E-state index contributed by atoms with van der Waals surface area (Å²) in [6, 6.07) is 5.25. The van der Waals surface area contributed by atoms with Crippen LogP contribution in [0.15, 0.2) is 32.3 Å². The summed E-state index contributed by atoms with van der Waals surface area (Å²) >= 11 is 4.33. The van der Waals surface area contributed by atoms with Crippen molar-refractivity contribution in [2.75, 3.05) is 0 Å². The maximum absolute atomic E-state index is 11.1. The van der Waals surface area contributed by atoms with Gasteiger partial charge in [-0.1, -0.05) is 0 Å². The van der Waals surface area contributed by atoms with Crippen LogP contribution in [0.5, 0.6) is 0 Å². The molecule has 0 saturated heterocycles. The van der Waals surface area contributed by atoms with Gasteiger partial charge in [0.15, 0.2) is 0 Å². The third-order valence-corrected chi connectivity index (χ3v) is 2.75. The minimum Gasteiger partial charge on any atom is -0.423 e. The Bertz CT molecular complexity index is 555. The summed E-state index contributed by atoms with van der Waals surface area (Å²) in [5.74, 6) is 0. The van der Waals surface area contributed by atoms with Crippen molar-refractivity contribution in [3.05, 3.63) is 39.7 Å². The first kappa shape index (κ1) is 9.34. The third kappa shape index (κ3) is 1.44. The average Bonchev–Trinajstić information content (AvgIpc) is 2.08. The van der Waals surface area contributed by atoms with E-state index in [2.05, 4.69) is 12.6 Å². The molecule has 0 fully saturated rings. The van der Waals surface area contributed by atoms with Crippen LogP contribution in [0.4, 0.5) is 0 Å². The van der Waals surface area contributed by atoms with Gasteiger partial charge < -0.3 is 4.42 Å². The van der Waals surface area contributed by atoms with E-state index < -0.39 is 0 Å². The summed E-state index contributed by atoms with van der Waals surface area (Å²) < 4.78 is 5.09. The minimum atomic E-state index is -0.304. The Morgan fingerprint density at radius 1 is 1.14 bits per heavy atom. The molecule has 0 aliphatic carbocycles. The molecule has 0 bridgehead atoms. The van der Waals surface area contributed by atoms with Gasteiger partial charge in [0.2, 0.25) is 0 Å². The van der Waals surface area contributed by atoms with Crippen molar-refractivity contribution in [2.45, 2.75) is 18.7 Å². The zero-order chi connectivity index (χ0) is 10.3. The molecule has 1 aromatic heterocycles. The monoisotopic (exact) mass is 206 g/mol. The number of benzene rings is 1. The zero-order valence-electron chi connectivity index (χ0n) is 8.00. The summed E-state index contributed by atoms with van der Waals surface area (Å²) in [4.78, 5) is 12.0. The van der Waals surface area contributed by atoms with Crippen molar-refractivity contribution in [3.63, 3.8) is 0 Å². The Morgan fingerprint density at radius 2 is 1.86 bits per heavy atom. The molecule has 2 rings (SSSR count). The second-order valence-electron chi connectivity index (χ2n) is 3.38. The molecule has 1 aromatic carbocycles. The molecule has 14 heavy (non-hydrogen) atoms. The van der Waals surface area contributed by atoms with Crippen molar-refractivity contribution < 1.29 is 4.42 Å². The van der Waals surface area contributed by atoms with Crippen LogP contribution in [0, 0.1) is 13.8 Å². The highest BCUT2D eigenvalue weighted by Crippen LogP contribution is 2.23. The fourth-order valence-corrected chi connectivity index (χ4v) is 1.65. The smallest absolute Gasteiger partial charge is 0.336 e. The van der Waals surface area contributed by atoms with Gasteiger partial charge in [-0.2, -0.15) is 0 Å². The lowest BCUT2D eigenvalue weighted by Crippen LogP contribution is -1.98. The molecule has 0 unspecified atom stereocenters. The van der Waals surface area contributed by atoms with Gasteiger partial charge >= 0.3 is 5.63 Å². The molecule has 0 aliphatic heterocycles. The lowest BCUT2D eigenvalue weighted by Gasteiger charge is -2.03. The maximum atomic E-state index is 11.1. The standard InChI is InChI=1S/C11H10O2S/c1-6-4-11(12)13-9-3-7(2)10(14)5-8(6)9/h3-5,14H,1-2H3. The van der Waals surface area contributed by atoms with Gasteiger partial charge in [0.25, 0.3) is 0 Å². The van der Waals surface area contributed by atoms with E-state index in [1.54, 1.807) is 0 Å². The van der Waals surface area contributed by atoms with Gasteiger partial charge in [-0.3, -0.25) is 0 Å². The number of fused-ring (bicyclic) bond motifs is 1. The van der Waals surface area contributed by atoms with E-state index in [4.69, 9.17) is 4.42 Å². The normalized spacial score (nSPS) is 10.8. The van der Waals surface area contributed by atoms with Crippen LogP contribution in [0.1, 0.15) is 11.1 Å². The molecule has 2 aromatic rings. The molecule has 0 spiro atoms. The van der Waals surface area contributed by atoms with Gasteiger partial charge in [0, 0.05) is 16.3 Å². The van der Waals surface area contributed by atoms with Crippen molar-refractivity contribution in [2.24, 2.45) is 0 Å². The molecule has 1 heterocycles. The SMILES string of the molecule is Cc1cc2oc(=O)cc(C)c2cc1S. The summed E-state index contributed by atoms with van der Waals surface area (Å²) in [5, 5.41) is 0.945. The van der Waals surface area contributed by atoms with E-state index in [-0.39, 0.29) is 5.63 Å². The molecular formula is C11H10O2S. The Hall–Kier alpha value is -1.22. The molecule has 3 heteroatoms. The van der Waals surface area contributed by atoms with Crippen molar-refractivity contribution in [1.29, 1.82) is 0 Å². The van der Waals surface area contributed by atoms with Crippen molar-refractivity contribution >= 4 is 23.6 Å². The Labute approximate surface area is 87.0 Å². The van der Waals surface area contributed by atoms with Crippen LogP contribution in [-0.4, -0.2) is 0 Å². The largest absolute Gasteiger partial charge is 0.423 e. The number of rotatable bonds is 0. The van der Waals surface area contributed by atoms with Crippen LogP contribution >= 0.6 is 12.6 Å². The molecule has 2 nitrogen and oxygen atoms in total. The lowest BCUT2D eigenvalue weighted by molar-refractivity contribution is 0.559. The molecule has 0 N–H and O–H groups in total. The molecule has 0 radical (unpaired) electrons. The van der Waals surface area contributed by atoms with Crippen LogP contribution < -0.4 is 5.63 Å². The van der Waals surface area contributed by atoms with Crippen LogP contribution in [0.25, 0.3) is 11.0 Å². The van der Waals surface area contributed by atoms with E-state index in [1.165, 1.54) is 6.07 Å². The van der Waals surface area contributed by atoms with Crippen LogP contribution in [0.2, 0.25) is 0 Å². The fraction of sp³-hybridized carbons (Fsp3) is 0.182. The van der Waals surface area contributed by atoms with Crippen molar-refractivity contribution in [1.82, 2.24) is 0 Å². The fourth-order valence-electron chi connectivity index (χ4n) is 1.45. The van der Waals surface area contributed by atoms with Gasteiger partial charge in [-0.25, -0.2) is 4.79 Å². The summed E-state index contributed by atoms with van der Waals surface area (Å²) in [5.41, 5.74) is 2.26. The quantitative estimate of drug-likeness (QED) is 0.530. The van der Waals surface area contributed by atoms with Gasteiger partial charge in [-0.15, -0.1) is 12.6 Å². The van der Waals surface area contributed by atoms with Gasteiger partial charge in [0.05, 0.1) is 0 Å². The van der Waals surface area contributed by atoms with E-state index in [0.29, 0.717) is 5.58 Å². The predicted octanol–water partition coefficient (Wildman–Crippen LogP) is 2.70. The highest BCUT2D eigenvalue weighted by molar-refractivity contribution is 7.80. The lowest BCUT2D eigenvalue weighted by atomic mass is 10.1. The molecule has 72 valence electrons. The molecule has 0 atom stereocenters. The van der Waals surface area contributed by atoms with Crippen LogP contribution in [0.3, 0.4) is 0 Å². The Kier molecular flexibility index (Phi) is 2.11. The summed E-state index contributed by atoms with van der Waals surface area (Å²) in [7, 11) is 0. The molecule has 0 aliphatic rings. The molecular weight excluding hydrogens is 196 g/mol. The van der Waals surface area contributed by atoms with E-state index >= 15 is 0 Å². The van der Waals surface area contributed by atoms with Gasteiger partial charge in [0.1, 0.15) is 5.58 Å². The van der Waals surface area contributed by atoms with Crippen molar-refractivity contribution in [3.8, 4) is 0 Å². The van der Waals surface area contributed by atoms with E-state index in [9.17, 15) is 4.79 Å². The predicted molar refractivity (Wildman–Crippen MR) is 59.2 cm³/mol. The Morgan fingerprint density at radius 3 is 2.57 bits per heavy atom. The van der Waals surface area contributed by atoms with E-state index in [1.807, 2.05) is 26.0 Å². The highest BCUT2D eigenvalue weighted by Gasteiger charge is 2.04. The molecule has 0 saturated carbocycles. The number of hydrogen-bond acceptors (Lipinski definition) is 3. The second-order valence-corrected chi connectivity index (χ2v) is 3.87. The Balaban J connectivity index is 2.96. The maximum Gasteiger partial charge on any atom is 0.336 e. The first-order valence-electron chi connectivity index (χ1n) is 4.32.